The van der Waals surface area contributed by atoms with E-state index < -0.39 is 0 Å². The normalized spacial score (nSPS) is 18.3. The fourth-order valence-corrected chi connectivity index (χ4v) is 3.12. The molecule has 0 bridgehead atoms. The van der Waals surface area contributed by atoms with Crippen LogP contribution in [0.25, 0.3) is 11.0 Å². The minimum absolute atomic E-state index is 0.0758. The summed E-state index contributed by atoms with van der Waals surface area (Å²) in [6.45, 7) is 1.99. The molecule has 1 atom stereocenters. The van der Waals surface area contributed by atoms with E-state index in [9.17, 15) is 4.79 Å². The zero-order valence-electron chi connectivity index (χ0n) is 12.6. The van der Waals surface area contributed by atoms with Crippen molar-refractivity contribution in [3.05, 3.63) is 30.1 Å². The summed E-state index contributed by atoms with van der Waals surface area (Å²) in [7, 11) is 0. The van der Waals surface area contributed by atoms with Gasteiger partial charge in [-0.1, -0.05) is 37.8 Å². The number of nitrogens with one attached hydrogen (secondary N) is 2. The van der Waals surface area contributed by atoms with Gasteiger partial charge < -0.3 is 10.3 Å². The maximum absolute atomic E-state index is 12.4. The van der Waals surface area contributed by atoms with Crippen LogP contribution in [0.2, 0.25) is 0 Å². The van der Waals surface area contributed by atoms with E-state index in [1.54, 1.807) is 0 Å². The van der Waals surface area contributed by atoms with Crippen molar-refractivity contribution in [2.24, 2.45) is 5.92 Å². The molecular formula is C17H23N3O. The molecular weight excluding hydrogens is 262 g/mol. The first kappa shape index (κ1) is 14.1. The molecule has 0 saturated heterocycles. The third kappa shape index (κ3) is 3.26. The molecule has 1 aliphatic rings. The van der Waals surface area contributed by atoms with E-state index in [0.717, 1.165) is 29.7 Å². The van der Waals surface area contributed by atoms with Crippen LogP contribution in [0, 0.1) is 5.92 Å². The Labute approximate surface area is 125 Å². The summed E-state index contributed by atoms with van der Waals surface area (Å²) in [6, 6.07) is 7.87. The molecule has 1 aromatic carbocycles. The van der Waals surface area contributed by atoms with Gasteiger partial charge in [0.2, 0.25) is 5.91 Å². The average molecular weight is 285 g/mol. The first-order valence-electron chi connectivity index (χ1n) is 7.99. The SMILES string of the molecule is CC(NC(=O)C1CCCCCC1)c1nc2ccccc2[nH]1. The Hall–Kier alpha value is -1.84. The lowest BCUT2D eigenvalue weighted by Gasteiger charge is -2.17. The van der Waals surface area contributed by atoms with Crippen LogP contribution in [0.1, 0.15) is 57.3 Å². The van der Waals surface area contributed by atoms with Crippen molar-refractivity contribution >= 4 is 16.9 Å². The highest BCUT2D eigenvalue weighted by Crippen LogP contribution is 2.24. The predicted octanol–water partition coefficient (Wildman–Crippen LogP) is 3.71. The molecule has 1 unspecified atom stereocenters. The zero-order valence-corrected chi connectivity index (χ0v) is 12.6. The number of hydrogen-bond acceptors (Lipinski definition) is 2. The molecule has 3 rings (SSSR count). The number of hydrogen-bond donors (Lipinski definition) is 2. The van der Waals surface area contributed by atoms with Crippen molar-refractivity contribution < 1.29 is 4.79 Å². The largest absolute Gasteiger partial charge is 0.346 e. The van der Waals surface area contributed by atoms with E-state index in [4.69, 9.17) is 0 Å². The summed E-state index contributed by atoms with van der Waals surface area (Å²) in [4.78, 5) is 20.2. The van der Waals surface area contributed by atoms with E-state index in [1.165, 1.54) is 25.7 Å². The van der Waals surface area contributed by atoms with Gasteiger partial charge in [-0.25, -0.2) is 4.98 Å². The molecule has 1 saturated carbocycles. The van der Waals surface area contributed by atoms with E-state index >= 15 is 0 Å². The highest BCUT2D eigenvalue weighted by Gasteiger charge is 2.22. The van der Waals surface area contributed by atoms with Crippen LogP contribution < -0.4 is 5.32 Å². The predicted molar refractivity (Wildman–Crippen MR) is 83.8 cm³/mol. The number of rotatable bonds is 3. The summed E-state index contributed by atoms with van der Waals surface area (Å²) >= 11 is 0. The number of carbonyl (C=O) groups excluding carboxylic acids is 1. The number of aromatic nitrogens is 2. The lowest BCUT2D eigenvalue weighted by atomic mass is 9.99. The average Bonchev–Trinajstić information content (AvgIpc) is 2.73. The molecule has 1 aromatic heterocycles. The minimum Gasteiger partial charge on any atom is -0.346 e. The second-order valence-corrected chi connectivity index (χ2v) is 6.06. The van der Waals surface area contributed by atoms with Gasteiger partial charge in [0.25, 0.3) is 0 Å². The number of fused-ring (bicyclic) bond motifs is 1. The first-order valence-corrected chi connectivity index (χ1v) is 7.99. The Morgan fingerprint density at radius 2 is 1.95 bits per heavy atom. The Morgan fingerprint density at radius 1 is 1.24 bits per heavy atom. The van der Waals surface area contributed by atoms with E-state index in [2.05, 4.69) is 15.3 Å². The molecule has 2 N–H and O–H groups in total. The molecule has 1 amide bonds. The molecule has 2 aromatic rings. The molecule has 1 aliphatic carbocycles. The molecule has 1 fully saturated rings. The van der Waals surface area contributed by atoms with Gasteiger partial charge in [-0.05, 0) is 31.9 Å². The number of benzene rings is 1. The van der Waals surface area contributed by atoms with Gasteiger partial charge in [-0.15, -0.1) is 0 Å². The van der Waals surface area contributed by atoms with Crippen molar-refractivity contribution in [1.82, 2.24) is 15.3 Å². The van der Waals surface area contributed by atoms with Gasteiger partial charge in [0, 0.05) is 5.92 Å². The van der Waals surface area contributed by atoms with Crippen LogP contribution in [0.5, 0.6) is 0 Å². The fourth-order valence-electron chi connectivity index (χ4n) is 3.12. The van der Waals surface area contributed by atoms with Gasteiger partial charge in [0.1, 0.15) is 5.82 Å². The molecule has 112 valence electrons. The summed E-state index contributed by atoms with van der Waals surface area (Å²) < 4.78 is 0. The monoisotopic (exact) mass is 285 g/mol. The van der Waals surface area contributed by atoms with Crippen LogP contribution >= 0.6 is 0 Å². The lowest BCUT2D eigenvalue weighted by Crippen LogP contribution is -2.33. The Bertz CT molecular complexity index is 578. The number of carbonyl (C=O) groups is 1. The highest BCUT2D eigenvalue weighted by atomic mass is 16.1. The second-order valence-electron chi connectivity index (χ2n) is 6.06. The third-order valence-corrected chi connectivity index (χ3v) is 4.40. The van der Waals surface area contributed by atoms with E-state index in [-0.39, 0.29) is 17.9 Å². The Kier molecular flexibility index (Phi) is 4.23. The summed E-state index contributed by atoms with van der Waals surface area (Å²) in [6.07, 6.45) is 6.94. The summed E-state index contributed by atoms with van der Waals surface area (Å²) in [5.41, 5.74) is 1.96. The number of nitrogens with zero attached hydrogens (tertiary/aromatic N) is 1. The van der Waals surface area contributed by atoms with Crippen LogP contribution in [0.4, 0.5) is 0 Å². The molecule has 0 aliphatic heterocycles. The topological polar surface area (TPSA) is 57.8 Å². The standard InChI is InChI=1S/C17H23N3O/c1-12(16-19-14-10-6-7-11-15(14)20-16)18-17(21)13-8-4-2-3-5-9-13/h6-7,10-13H,2-5,8-9H2,1H3,(H,18,21)(H,19,20). The molecule has 21 heavy (non-hydrogen) atoms. The van der Waals surface area contributed by atoms with E-state index in [0.29, 0.717) is 0 Å². The lowest BCUT2D eigenvalue weighted by molar-refractivity contribution is -0.126. The maximum Gasteiger partial charge on any atom is 0.223 e. The number of aromatic amines is 1. The first-order chi connectivity index (χ1) is 10.2. The van der Waals surface area contributed by atoms with Crippen LogP contribution in [0.15, 0.2) is 24.3 Å². The highest BCUT2D eigenvalue weighted by molar-refractivity contribution is 5.79. The number of H-pyrrole nitrogens is 1. The van der Waals surface area contributed by atoms with Crippen molar-refractivity contribution in [1.29, 1.82) is 0 Å². The van der Waals surface area contributed by atoms with Crippen LogP contribution in [-0.4, -0.2) is 15.9 Å². The van der Waals surface area contributed by atoms with Crippen LogP contribution in [0.3, 0.4) is 0 Å². The molecule has 1 heterocycles. The Balaban J connectivity index is 1.67. The van der Waals surface area contributed by atoms with Gasteiger partial charge in [-0.3, -0.25) is 4.79 Å². The van der Waals surface area contributed by atoms with E-state index in [1.807, 2.05) is 31.2 Å². The number of amides is 1. The number of para-hydroxylation sites is 2. The molecule has 0 radical (unpaired) electrons. The molecule has 0 spiro atoms. The maximum atomic E-state index is 12.4. The summed E-state index contributed by atoms with van der Waals surface area (Å²) in [5.74, 6) is 1.20. The molecule has 4 heteroatoms. The van der Waals surface area contributed by atoms with Gasteiger partial charge in [0.15, 0.2) is 0 Å². The zero-order chi connectivity index (χ0) is 14.7. The van der Waals surface area contributed by atoms with Gasteiger partial charge in [-0.2, -0.15) is 0 Å². The van der Waals surface area contributed by atoms with Crippen molar-refractivity contribution in [3.8, 4) is 0 Å². The van der Waals surface area contributed by atoms with Crippen LogP contribution in [-0.2, 0) is 4.79 Å². The second kappa shape index (κ2) is 6.29. The summed E-state index contributed by atoms with van der Waals surface area (Å²) in [5, 5.41) is 3.12. The smallest absolute Gasteiger partial charge is 0.223 e. The quantitative estimate of drug-likeness (QED) is 0.845. The molecule has 4 nitrogen and oxygen atoms in total. The third-order valence-electron chi connectivity index (χ3n) is 4.40. The van der Waals surface area contributed by atoms with Crippen molar-refractivity contribution in [2.75, 3.05) is 0 Å². The van der Waals surface area contributed by atoms with Crippen molar-refractivity contribution in [2.45, 2.75) is 51.5 Å². The Morgan fingerprint density at radius 3 is 2.67 bits per heavy atom. The fraction of sp³-hybridized carbons (Fsp3) is 0.529. The van der Waals surface area contributed by atoms with Gasteiger partial charge >= 0.3 is 0 Å². The number of imidazole rings is 1. The minimum atomic E-state index is -0.0758. The van der Waals surface area contributed by atoms with Crippen molar-refractivity contribution in [3.63, 3.8) is 0 Å². The van der Waals surface area contributed by atoms with Gasteiger partial charge in [0.05, 0.1) is 17.1 Å².